The van der Waals surface area contributed by atoms with E-state index in [9.17, 15) is 9.90 Å². The molecule has 1 aromatic carbocycles. The number of amides is 1. The molecule has 1 unspecified atom stereocenters. The second kappa shape index (κ2) is 4.19. The molecule has 0 radical (unpaired) electrons. The third-order valence-corrected chi connectivity index (χ3v) is 2.91. The SMILES string of the molecule is CC1CN(C(=O)OC(C)(C)C)c2cc(O)ccc21. The topological polar surface area (TPSA) is 49.8 Å². The maximum absolute atomic E-state index is 12.1. The third-order valence-electron chi connectivity index (χ3n) is 2.91. The normalized spacial score (nSPS) is 18.7. The highest BCUT2D eigenvalue weighted by atomic mass is 16.6. The molecular formula is C14H19NO3. The van der Waals surface area contributed by atoms with Crippen LogP contribution in [0.4, 0.5) is 10.5 Å². The van der Waals surface area contributed by atoms with Crippen molar-refractivity contribution in [1.29, 1.82) is 0 Å². The molecule has 4 heteroatoms. The van der Waals surface area contributed by atoms with Crippen molar-refractivity contribution in [2.45, 2.75) is 39.2 Å². The molecule has 1 amide bonds. The van der Waals surface area contributed by atoms with Gasteiger partial charge in [0.05, 0.1) is 5.69 Å². The first-order chi connectivity index (χ1) is 8.28. The van der Waals surface area contributed by atoms with E-state index >= 15 is 0 Å². The minimum Gasteiger partial charge on any atom is -0.508 e. The first-order valence-corrected chi connectivity index (χ1v) is 6.11. The summed E-state index contributed by atoms with van der Waals surface area (Å²) in [5.74, 6) is 0.421. The van der Waals surface area contributed by atoms with Crippen LogP contribution in [0.2, 0.25) is 0 Å². The Morgan fingerprint density at radius 2 is 2.11 bits per heavy atom. The Bertz CT molecular complexity index is 476. The number of ether oxygens (including phenoxy) is 1. The van der Waals surface area contributed by atoms with Gasteiger partial charge < -0.3 is 9.84 Å². The third kappa shape index (κ3) is 2.42. The Hall–Kier alpha value is -1.71. The van der Waals surface area contributed by atoms with Gasteiger partial charge in [0.15, 0.2) is 0 Å². The summed E-state index contributed by atoms with van der Waals surface area (Å²) in [4.78, 5) is 13.7. The van der Waals surface area contributed by atoms with Crippen LogP contribution in [0.5, 0.6) is 5.75 Å². The highest BCUT2D eigenvalue weighted by Crippen LogP contribution is 2.38. The second-order valence-corrected chi connectivity index (χ2v) is 5.74. The number of anilines is 1. The summed E-state index contributed by atoms with van der Waals surface area (Å²) >= 11 is 0. The van der Waals surface area contributed by atoms with E-state index < -0.39 is 5.60 Å². The molecule has 0 aromatic heterocycles. The Balaban J connectivity index is 2.28. The van der Waals surface area contributed by atoms with Crippen molar-refractivity contribution in [3.63, 3.8) is 0 Å². The van der Waals surface area contributed by atoms with Gasteiger partial charge in [0.25, 0.3) is 0 Å². The lowest BCUT2D eigenvalue weighted by Crippen LogP contribution is -2.36. The number of hydrogen-bond donors (Lipinski definition) is 1. The number of hydrogen-bond acceptors (Lipinski definition) is 3. The van der Waals surface area contributed by atoms with Crippen LogP contribution < -0.4 is 4.90 Å². The van der Waals surface area contributed by atoms with Gasteiger partial charge in [0.1, 0.15) is 11.4 Å². The molecule has 0 bridgehead atoms. The fourth-order valence-electron chi connectivity index (χ4n) is 2.14. The number of phenols is 1. The molecular weight excluding hydrogens is 230 g/mol. The van der Waals surface area contributed by atoms with Gasteiger partial charge in [-0.2, -0.15) is 0 Å². The average Bonchev–Trinajstić information content (AvgIpc) is 2.53. The zero-order valence-electron chi connectivity index (χ0n) is 11.2. The van der Waals surface area contributed by atoms with Gasteiger partial charge in [-0.05, 0) is 32.4 Å². The monoisotopic (exact) mass is 249 g/mol. The first-order valence-electron chi connectivity index (χ1n) is 6.11. The maximum Gasteiger partial charge on any atom is 0.414 e. The molecule has 0 saturated heterocycles. The Morgan fingerprint density at radius 1 is 1.44 bits per heavy atom. The Morgan fingerprint density at radius 3 is 2.72 bits per heavy atom. The molecule has 0 spiro atoms. The van der Waals surface area contributed by atoms with Crippen molar-refractivity contribution >= 4 is 11.8 Å². The molecule has 1 heterocycles. The second-order valence-electron chi connectivity index (χ2n) is 5.74. The van der Waals surface area contributed by atoms with Gasteiger partial charge >= 0.3 is 6.09 Å². The lowest BCUT2D eigenvalue weighted by Gasteiger charge is -2.25. The lowest BCUT2D eigenvalue weighted by atomic mass is 10.0. The van der Waals surface area contributed by atoms with E-state index in [4.69, 9.17) is 4.74 Å². The summed E-state index contributed by atoms with van der Waals surface area (Å²) in [5.41, 5.74) is 1.30. The zero-order valence-corrected chi connectivity index (χ0v) is 11.2. The summed E-state index contributed by atoms with van der Waals surface area (Å²) in [6.45, 7) is 8.17. The Kier molecular flexibility index (Phi) is 2.97. The molecule has 18 heavy (non-hydrogen) atoms. The van der Waals surface area contributed by atoms with Crippen molar-refractivity contribution in [1.82, 2.24) is 0 Å². The van der Waals surface area contributed by atoms with E-state index in [0.29, 0.717) is 6.54 Å². The molecule has 4 nitrogen and oxygen atoms in total. The number of phenolic OH excluding ortho intramolecular Hbond substituents is 1. The van der Waals surface area contributed by atoms with Crippen LogP contribution in [0.1, 0.15) is 39.2 Å². The van der Waals surface area contributed by atoms with Crippen molar-refractivity contribution < 1.29 is 14.6 Å². The highest BCUT2D eigenvalue weighted by Gasteiger charge is 2.32. The first kappa shape index (κ1) is 12.7. The zero-order chi connectivity index (χ0) is 13.5. The lowest BCUT2D eigenvalue weighted by molar-refractivity contribution is 0.0582. The number of carbonyl (C=O) groups is 1. The van der Waals surface area contributed by atoms with Crippen LogP contribution in [0, 0.1) is 0 Å². The standard InChI is InChI=1S/C14H19NO3/c1-9-8-15(13(17)18-14(2,3)4)12-7-10(16)5-6-11(9)12/h5-7,9,16H,8H2,1-4H3. The Labute approximate surface area is 107 Å². The number of fused-ring (bicyclic) bond motifs is 1. The number of nitrogens with zero attached hydrogens (tertiary/aromatic N) is 1. The fourth-order valence-corrected chi connectivity index (χ4v) is 2.14. The van der Waals surface area contributed by atoms with Crippen LogP contribution in [0.25, 0.3) is 0 Å². The predicted molar refractivity (Wildman–Crippen MR) is 70.1 cm³/mol. The fraction of sp³-hybridized carbons (Fsp3) is 0.500. The number of rotatable bonds is 0. The van der Waals surface area contributed by atoms with Gasteiger partial charge in [-0.15, -0.1) is 0 Å². The molecule has 98 valence electrons. The van der Waals surface area contributed by atoms with E-state index in [2.05, 4.69) is 6.92 Å². The molecule has 0 aliphatic carbocycles. The van der Waals surface area contributed by atoms with E-state index in [0.717, 1.165) is 11.3 Å². The average molecular weight is 249 g/mol. The van der Waals surface area contributed by atoms with Crippen molar-refractivity contribution in [2.24, 2.45) is 0 Å². The van der Waals surface area contributed by atoms with Crippen molar-refractivity contribution in [3.05, 3.63) is 23.8 Å². The maximum atomic E-state index is 12.1. The molecule has 0 fully saturated rings. The molecule has 2 rings (SSSR count). The van der Waals surface area contributed by atoms with E-state index in [1.807, 2.05) is 26.8 Å². The summed E-state index contributed by atoms with van der Waals surface area (Å²) in [5, 5.41) is 9.54. The minimum absolute atomic E-state index is 0.163. The van der Waals surface area contributed by atoms with E-state index in [1.165, 1.54) is 0 Å². The summed E-state index contributed by atoms with van der Waals surface area (Å²) < 4.78 is 5.37. The van der Waals surface area contributed by atoms with Gasteiger partial charge in [0, 0.05) is 18.5 Å². The number of carbonyl (C=O) groups excluding carboxylic acids is 1. The van der Waals surface area contributed by atoms with Crippen LogP contribution in [-0.2, 0) is 4.74 Å². The molecule has 1 aliphatic heterocycles. The van der Waals surface area contributed by atoms with Crippen LogP contribution in [-0.4, -0.2) is 23.3 Å². The minimum atomic E-state index is -0.514. The number of aromatic hydroxyl groups is 1. The van der Waals surface area contributed by atoms with Crippen LogP contribution >= 0.6 is 0 Å². The summed E-state index contributed by atoms with van der Waals surface area (Å²) in [6, 6.07) is 5.12. The van der Waals surface area contributed by atoms with Crippen molar-refractivity contribution in [3.8, 4) is 5.75 Å². The van der Waals surface area contributed by atoms with E-state index in [1.54, 1.807) is 17.0 Å². The van der Waals surface area contributed by atoms with Gasteiger partial charge in [-0.25, -0.2) is 4.79 Å². The molecule has 1 aliphatic rings. The van der Waals surface area contributed by atoms with Crippen LogP contribution in [0.3, 0.4) is 0 Å². The van der Waals surface area contributed by atoms with Gasteiger partial charge in [0.2, 0.25) is 0 Å². The number of benzene rings is 1. The van der Waals surface area contributed by atoms with E-state index in [-0.39, 0.29) is 17.8 Å². The smallest absolute Gasteiger partial charge is 0.414 e. The molecule has 0 saturated carbocycles. The summed E-state index contributed by atoms with van der Waals surface area (Å²) in [6.07, 6.45) is -0.362. The molecule has 1 N–H and O–H groups in total. The molecule has 1 atom stereocenters. The van der Waals surface area contributed by atoms with Crippen molar-refractivity contribution in [2.75, 3.05) is 11.4 Å². The van der Waals surface area contributed by atoms with Crippen LogP contribution in [0.15, 0.2) is 18.2 Å². The van der Waals surface area contributed by atoms with Gasteiger partial charge in [-0.3, -0.25) is 4.90 Å². The predicted octanol–water partition coefficient (Wildman–Crippen LogP) is 3.25. The quantitative estimate of drug-likeness (QED) is 0.767. The molecule has 1 aromatic rings. The summed E-state index contributed by atoms with van der Waals surface area (Å²) in [7, 11) is 0. The largest absolute Gasteiger partial charge is 0.508 e. The van der Waals surface area contributed by atoms with Gasteiger partial charge in [-0.1, -0.05) is 13.0 Å². The highest BCUT2D eigenvalue weighted by molar-refractivity contribution is 5.91.